The Labute approximate surface area is 99.6 Å². The summed E-state index contributed by atoms with van der Waals surface area (Å²) in [5.41, 5.74) is 1.60. The van der Waals surface area contributed by atoms with Crippen molar-refractivity contribution < 1.29 is 0 Å². The monoisotopic (exact) mass is 231 g/mol. The maximum Gasteiger partial charge on any atom is 0.161 e. The predicted octanol–water partition coefficient (Wildman–Crippen LogP) is 2.82. The molecule has 4 heteroatoms. The van der Waals surface area contributed by atoms with Gasteiger partial charge in [0.2, 0.25) is 0 Å². The fourth-order valence-corrected chi connectivity index (χ4v) is 2.74. The minimum atomic E-state index is 0.498. The van der Waals surface area contributed by atoms with Crippen molar-refractivity contribution in [3.63, 3.8) is 0 Å². The van der Waals surface area contributed by atoms with Gasteiger partial charge in [-0.05, 0) is 24.6 Å². The minimum Gasteiger partial charge on any atom is -0.320 e. The van der Waals surface area contributed by atoms with Gasteiger partial charge in [-0.25, -0.2) is 0 Å². The molecule has 0 radical (unpaired) electrons. The molecule has 1 fully saturated rings. The first-order valence-corrected chi connectivity index (χ1v) is 6.15. The first-order chi connectivity index (χ1) is 7.74. The van der Waals surface area contributed by atoms with Gasteiger partial charge in [-0.1, -0.05) is 24.8 Å². The molecular formula is C12H13N3S. The maximum absolute atomic E-state index is 8.84. The zero-order valence-electron chi connectivity index (χ0n) is 9.10. The molecule has 1 atom stereocenters. The lowest BCUT2D eigenvalue weighted by molar-refractivity contribution is 0.834. The van der Waals surface area contributed by atoms with Crippen LogP contribution in [0, 0.1) is 16.7 Å². The lowest BCUT2D eigenvalue weighted by atomic mass is 10.2. The molecule has 82 valence electrons. The Balaban J connectivity index is 2.25. The van der Waals surface area contributed by atoms with Gasteiger partial charge in [-0.2, -0.15) is 5.26 Å². The van der Waals surface area contributed by atoms with Gasteiger partial charge in [-0.3, -0.25) is 5.41 Å². The Hall–Kier alpha value is -1.47. The number of amidine groups is 1. The Kier molecular flexibility index (Phi) is 3.16. The fourth-order valence-electron chi connectivity index (χ4n) is 1.72. The molecule has 1 saturated heterocycles. The van der Waals surface area contributed by atoms with Crippen LogP contribution in [-0.4, -0.2) is 17.0 Å². The topological polar surface area (TPSA) is 50.9 Å². The van der Waals surface area contributed by atoms with Gasteiger partial charge in [-0.15, -0.1) is 0 Å². The standard InChI is InChI=1S/C12H13N3S/c1-2-11-8-15(12(14)16-11)10-5-3-4-9(6-10)7-13/h3-6,11,14H,2,8H2,1H3. The summed E-state index contributed by atoms with van der Waals surface area (Å²) in [6.45, 7) is 3.01. The van der Waals surface area contributed by atoms with E-state index in [0.29, 0.717) is 16.0 Å². The third-order valence-electron chi connectivity index (χ3n) is 2.65. The number of anilines is 1. The summed E-state index contributed by atoms with van der Waals surface area (Å²) in [6.07, 6.45) is 1.07. The van der Waals surface area contributed by atoms with Crippen LogP contribution in [-0.2, 0) is 0 Å². The first kappa shape index (κ1) is 11.0. The smallest absolute Gasteiger partial charge is 0.161 e. The number of hydrogen-bond acceptors (Lipinski definition) is 3. The highest BCUT2D eigenvalue weighted by molar-refractivity contribution is 8.15. The number of nitriles is 1. The fraction of sp³-hybridized carbons (Fsp3) is 0.333. The van der Waals surface area contributed by atoms with Crippen LogP contribution in [0.4, 0.5) is 5.69 Å². The zero-order valence-corrected chi connectivity index (χ0v) is 9.92. The van der Waals surface area contributed by atoms with Gasteiger partial charge >= 0.3 is 0 Å². The SMILES string of the molecule is CCC1CN(c2cccc(C#N)c2)C(=N)S1. The van der Waals surface area contributed by atoms with Crippen molar-refractivity contribution in [3.05, 3.63) is 29.8 Å². The van der Waals surface area contributed by atoms with Crippen molar-refractivity contribution in [1.82, 2.24) is 0 Å². The van der Waals surface area contributed by atoms with E-state index >= 15 is 0 Å². The lowest BCUT2D eigenvalue weighted by Crippen LogP contribution is -2.24. The second-order valence-corrected chi connectivity index (χ2v) is 5.02. The van der Waals surface area contributed by atoms with Gasteiger partial charge < -0.3 is 4.90 Å². The normalized spacial score (nSPS) is 19.9. The van der Waals surface area contributed by atoms with Crippen LogP contribution < -0.4 is 4.90 Å². The van der Waals surface area contributed by atoms with Crippen LogP contribution in [0.15, 0.2) is 24.3 Å². The molecule has 2 rings (SSSR count). The number of hydrogen-bond donors (Lipinski definition) is 1. The molecule has 1 heterocycles. The van der Waals surface area contributed by atoms with E-state index in [1.807, 2.05) is 23.1 Å². The van der Waals surface area contributed by atoms with Crippen molar-refractivity contribution in [2.75, 3.05) is 11.4 Å². The van der Waals surface area contributed by atoms with Crippen LogP contribution in [0.25, 0.3) is 0 Å². The molecular weight excluding hydrogens is 218 g/mol. The van der Waals surface area contributed by atoms with Crippen LogP contribution in [0.2, 0.25) is 0 Å². The molecule has 1 aromatic carbocycles. The van der Waals surface area contributed by atoms with Crippen LogP contribution in [0.5, 0.6) is 0 Å². The lowest BCUT2D eigenvalue weighted by Gasteiger charge is -2.17. The molecule has 16 heavy (non-hydrogen) atoms. The Morgan fingerprint density at radius 2 is 2.44 bits per heavy atom. The number of thioether (sulfide) groups is 1. The molecule has 1 aliphatic rings. The van der Waals surface area contributed by atoms with E-state index in [4.69, 9.17) is 10.7 Å². The molecule has 1 N–H and O–H groups in total. The van der Waals surface area contributed by atoms with E-state index in [1.165, 1.54) is 0 Å². The third kappa shape index (κ3) is 2.05. The van der Waals surface area contributed by atoms with E-state index in [0.717, 1.165) is 18.7 Å². The van der Waals surface area contributed by atoms with Crippen molar-refractivity contribution >= 4 is 22.6 Å². The van der Waals surface area contributed by atoms with Gasteiger partial charge in [0, 0.05) is 17.5 Å². The summed E-state index contributed by atoms with van der Waals surface area (Å²) in [6, 6.07) is 9.57. The summed E-state index contributed by atoms with van der Waals surface area (Å²) in [5.74, 6) is 0. The summed E-state index contributed by atoms with van der Waals surface area (Å²) in [4.78, 5) is 1.97. The highest BCUT2D eigenvalue weighted by Crippen LogP contribution is 2.31. The largest absolute Gasteiger partial charge is 0.320 e. The number of benzene rings is 1. The highest BCUT2D eigenvalue weighted by Gasteiger charge is 2.27. The molecule has 0 spiro atoms. The van der Waals surface area contributed by atoms with E-state index in [1.54, 1.807) is 17.8 Å². The second-order valence-electron chi connectivity index (χ2n) is 3.73. The van der Waals surface area contributed by atoms with Gasteiger partial charge in [0.25, 0.3) is 0 Å². The number of nitrogens with one attached hydrogen (secondary N) is 1. The van der Waals surface area contributed by atoms with E-state index in [2.05, 4.69) is 13.0 Å². The molecule has 1 aromatic rings. The molecule has 0 saturated carbocycles. The number of nitrogens with zero attached hydrogens (tertiary/aromatic N) is 2. The Morgan fingerprint density at radius 3 is 3.06 bits per heavy atom. The van der Waals surface area contributed by atoms with E-state index in [9.17, 15) is 0 Å². The molecule has 0 bridgehead atoms. The molecule has 0 amide bonds. The number of rotatable bonds is 2. The van der Waals surface area contributed by atoms with Gasteiger partial charge in [0.05, 0.1) is 11.6 Å². The third-order valence-corrected chi connectivity index (χ3v) is 3.91. The van der Waals surface area contributed by atoms with Crippen LogP contribution >= 0.6 is 11.8 Å². The van der Waals surface area contributed by atoms with Crippen molar-refractivity contribution in [2.24, 2.45) is 0 Å². The molecule has 0 aromatic heterocycles. The van der Waals surface area contributed by atoms with E-state index < -0.39 is 0 Å². The van der Waals surface area contributed by atoms with E-state index in [-0.39, 0.29) is 0 Å². The second kappa shape index (κ2) is 4.58. The minimum absolute atomic E-state index is 0.498. The van der Waals surface area contributed by atoms with Crippen LogP contribution in [0.1, 0.15) is 18.9 Å². The van der Waals surface area contributed by atoms with Crippen molar-refractivity contribution in [2.45, 2.75) is 18.6 Å². The predicted molar refractivity (Wildman–Crippen MR) is 67.9 cm³/mol. The molecule has 0 aliphatic carbocycles. The van der Waals surface area contributed by atoms with Crippen molar-refractivity contribution in [3.8, 4) is 6.07 Å². The average Bonchev–Trinajstić information content (AvgIpc) is 2.71. The molecule has 3 nitrogen and oxygen atoms in total. The summed E-state index contributed by atoms with van der Waals surface area (Å²) in [5, 5.41) is 17.8. The van der Waals surface area contributed by atoms with Gasteiger partial charge in [0.1, 0.15) is 0 Å². The maximum atomic E-state index is 8.84. The summed E-state index contributed by atoms with van der Waals surface area (Å²) < 4.78 is 0. The average molecular weight is 231 g/mol. The first-order valence-electron chi connectivity index (χ1n) is 5.27. The summed E-state index contributed by atoms with van der Waals surface area (Å²) in [7, 11) is 0. The highest BCUT2D eigenvalue weighted by atomic mass is 32.2. The zero-order chi connectivity index (χ0) is 11.5. The Morgan fingerprint density at radius 1 is 1.62 bits per heavy atom. The Bertz CT molecular complexity index is 450. The molecule has 1 unspecified atom stereocenters. The van der Waals surface area contributed by atoms with Gasteiger partial charge in [0.15, 0.2) is 5.17 Å². The van der Waals surface area contributed by atoms with Crippen LogP contribution in [0.3, 0.4) is 0 Å². The quantitative estimate of drug-likeness (QED) is 0.851. The summed E-state index contributed by atoms with van der Waals surface area (Å²) >= 11 is 1.61. The van der Waals surface area contributed by atoms with Crippen molar-refractivity contribution in [1.29, 1.82) is 10.7 Å². The molecule has 1 aliphatic heterocycles.